The molecular weight excluding hydrogens is 336 g/mol. The van der Waals surface area contributed by atoms with Gasteiger partial charge >= 0.3 is 5.97 Å². The van der Waals surface area contributed by atoms with Gasteiger partial charge in [0, 0.05) is 5.41 Å². The molecule has 1 aliphatic rings. The van der Waals surface area contributed by atoms with Crippen LogP contribution in [-0.2, 0) is 19.7 Å². The zero-order valence-electron chi connectivity index (χ0n) is 16.6. The number of esters is 1. The van der Waals surface area contributed by atoms with Crippen LogP contribution in [-0.4, -0.2) is 24.3 Å². The molecule has 27 heavy (non-hydrogen) atoms. The molecule has 1 fully saturated rings. The normalized spacial score (nSPS) is 17.4. The first-order chi connectivity index (χ1) is 12.9. The van der Waals surface area contributed by atoms with Gasteiger partial charge in [0.2, 0.25) is 0 Å². The van der Waals surface area contributed by atoms with Crippen molar-refractivity contribution in [3.05, 3.63) is 71.8 Å². The summed E-state index contributed by atoms with van der Waals surface area (Å²) >= 11 is 0. The minimum atomic E-state index is -0.469. The molecule has 0 aromatic heterocycles. The van der Waals surface area contributed by atoms with Gasteiger partial charge < -0.3 is 9.47 Å². The molecule has 0 spiro atoms. The fraction of sp³-hybridized carbons (Fsp3) is 0.458. The van der Waals surface area contributed by atoms with Crippen LogP contribution in [0, 0.1) is 0 Å². The van der Waals surface area contributed by atoms with E-state index in [0.717, 1.165) is 25.7 Å². The van der Waals surface area contributed by atoms with Gasteiger partial charge in [0.25, 0.3) is 0 Å². The highest BCUT2D eigenvalue weighted by molar-refractivity contribution is 5.71. The van der Waals surface area contributed by atoms with Gasteiger partial charge in [-0.05, 0) is 57.6 Å². The molecule has 3 heteroatoms. The number of hydrogen-bond acceptors (Lipinski definition) is 3. The molecule has 0 radical (unpaired) electrons. The topological polar surface area (TPSA) is 35.5 Å². The Hall–Kier alpha value is -2.13. The molecule has 0 atom stereocenters. The van der Waals surface area contributed by atoms with Crippen molar-refractivity contribution in [2.24, 2.45) is 0 Å². The second kappa shape index (κ2) is 8.26. The van der Waals surface area contributed by atoms with Crippen molar-refractivity contribution in [2.75, 3.05) is 6.61 Å². The van der Waals surface area contributed by atoms with E-state index in [4.69, 9.17) is 9.47 Å². The van der Waals surface area contributed by atoms with Crippen LogP contribution in [0.15, 0.2) is 60.7 Å². The third-order valence-corrected chi connectivity index (χ3v) is 5.30. The van der Waals surface area contributed by atoms with Gasteiger partial charge in [-0.1, -0.05) is 60.7 Å². The summed E-state index contributed by atoms with van der Waals surface area (Å²) in [5.41, 5.74) is 2.28. The summed E-state index contributed by atoms with van der Waals surface area (Å²) in [6, 6.07) is 21.5. The third-order valence-electron chi connectivity index (χ3n) is 5.30. The van der Waals surface area contributed by atoms with E-state index in [1.54, 1.807) is 0 Å². The maximum atomic E-state index is 11.9. The lowest BCUT2D eigenvalue weighted by Gasteiger charge is -2.41. The average molecular weight is 367 g/mol. The smallest absolute Gasteiger partial charge is 0.332 e. The second-order valence-corrected chi connectivity index (χ2v) is 8.41. The minimum absolute atomic E-state index is 0.0221. The van der Waals surface area contributed by atoms with E-state index in [-0.39, 0.29) is 24.1 Å². The molecule has 2 aromatic carbocycles. The van der Waals surface area contributed by atoms with Gasteiger partial charge in [-0.3, -0.25) is 0 Å². The van der Waals surface area contributed by atoms with Crippen LogP contribution in [0.25, 0.3) is 0 Å². The Morgan fingerprint density at radius 2 is 1.41 bits per heavy atom. The molecule has 3 rings (SSSR count). The molecule has 0 bridgehead atoms. The Labute approximate surface area is 162 Å². The molecule has 0 amide bonds. The van der Waals surface area contributed by atoms with E-state index in [1.165, 1.54) is 11.1 Å². The van der Waals surface area contributed by atoms with Crippen LogP contribution in [0.5, 0.6) is 0 Å². The summed E-state index contributed by atoms with van der Waals surface area (Å²) in [6.07, 6.45) is 4.01. The molecular formula is C24H30O3. The van der Waals surface area contributed by atoms with Gasteiger partial charge in [0.15, 0.2) is 0 Å². The predicted octanol–water partition coefficient (Wildman–Crippen LogP) is 5.27. The molecule has 0 unspecified atom stereocenters. The van der Waals surface area contributed by atoms with Crippen molar-refractivity contribution < 1.29 is 14.3 Å². The fourth-order valence-electron chi connectivity index (χ4n) is 4.07. The number of rotatable bonds is 5. The predicted molar refractivity (Wildman–Crippen MR) is 108 cm³/mol. The largest absolute Gasteiger partial charge is 0.458 e. The Morgan fingerprint density at radius 1 is 0.926 bits per heavy atom. The first-order valence-corrected chi connectivity index (χ1v) is 9.84. The van der Waals surface area contributed by atoms with Crippen LogP contribution < -0.4 is 0 Å². The van der Waals surface area contributed by atoms with Crippen molar-refractivity contribution in [3.8, 4) is 0 Å². The number of ether oxygens (including phenoxy) is 2. The summed E-state index contributed by atoms with van der Waals surface area (Å²) < 4.78 is 11.2. The number of carbonyl (C=O) groups excluding carboxylic acids is 1. The number of hydrogen-bond donors (Lipinski definition) is 0. The molecule has 0 saturated heterocycles. The van der Waals surface area contributed by atoms with Crippen molar-refractivity contribution in [3.63, 3.8) is 0 Å². The minimum Gasteiger partial charge on any atom is -0.458 e. The quantitative estimate of drug-likeness (QED) is 0.676. The van der Waals surface area contributed by atoms with E-state index >= 15 is 0 Å². The number of carbonyl (C=O) groups is 1. The highest BCUT2D eigenvalue weighted by Gasteiger charge is 2.38. The van der Waals surface area contributed by atoms with Gasteiger partial charge in [0.1, 0.15) is 12.2 Å². The lowest BCUT2D eigenvalue weighted by molar-refractivity contribution is -0.163. The number of benzene rings is 2. The molecule has 2 aromatic rings. The highest BCUT2D eigenvalue weighted by Crippen LogP contribution is 2.45. The molecule has 3 nitrogen and oxygen atoms in total. The Morgan fingerprint density at radius 3 is 1.85 bits per heavy atom. The van der Waals surface area contributed by atoms with Crippen LogP contribution >= 0.6 is 0 Å². The lowest BCUT2D eigenvalue weighted by Crippen LogP contribution is -2.36. The average Bonchev–Trinajstić information content (AvgIpc) is 2.67. The summed E-state index contributed by atoms with van der Waals surface area (Å²) in [7, 11) is 0. The first-order valence-electron chi connectivity index (χ1n) is 9.84. The molecule has 144 valence electrons. The monoisotopic (exact) mass is 366 g/mol. The van der Waals surface area contributed by atoms with Crippen molar-refractivity contribution in [1.29, 1.82) is 0 Å². The SMILES string of the molecule is CC(C)(C)OC(=O)COC1CCC(c2ccccc2)(c2ccccc2)CC1. The standard InChI is InChI=1S/C24H30O3/c1-23(2,3)27-22(25)18-26-21-14-16-24(17-15-21,19-10-6-4-7-11-19)20-12-8-5-9-13-20/h4-13,21H,14-18H2,1-3H3. The molecule has 0 heterocycles. The Kier molecular flexibility index (Phi) is 6.01. The maximum absolute atomic E-state index is 11.9. The van der Waals surface area contributed by atoms with Gasteiger partial charge in [-0.2, -0.15) is 0 Å². The van der Waals surface area contributed by atoms with Crippen molar-refractivity contribution in [2.45, 2.75) is 63.6 Å². The van der Waals surface area contributed by atoms with Crippen LogP contribution in [0.4, 0.5) is 0 Å². The van der Waals surface area contributed by atoms with Crippen molar-refractivity contribution >= 4 is 5.97 Å². The molecule has 1 saturated carbocycles. The fourth-order valence-corrected chi connectivity index (χ4v) is 4.07. The molecule has 0 N–H and O–H groups in total. The first kappa shape index (κ1) is 19.6. The Balaban J connectivity index is 1.67. The summed E-state index contributed by atoms with van der Waals surface area (Å²) in [5.74, 6) is -0.287. The van der Waals surface area contributed by atoms with E-state index in [2.05, 4.69) is 60.7 Å². The van der Waals surface area contributed by atoms with E-state index in [0.29, 0.717) is 0 Å². The van der Waals surface area contributed by atoms with Crippen LogP contribution in [0.1, 0.15) is 57.6 Å². The summed E-state index contributed by atoms with van der Waals surface area (Å²) in [6.45, 7) is 5.66. The molecule has 1 aliphatic carbocycles. The summed E-state index contributed by atoms with van der Waals surface area (Å²) in [5, 5.41) is 0. The summed E-state index contributed by atoms with van der Waals surface area (Å²) in [4.78, 5) is 11.9. The Bertz CT molecular complexity index is 682. The van der Waals surface area contributed by atoms with E-state index < -0.39 is 5.60 Å². The lowest BCUT2D eigenvalue weighted by atomic mass is 9.65. The van der Waals surface area contributed by atoms with Crippen molar-refractivity contribution in [1.82, 2.24) is 0 Å². The zero-order valence-corrected chi connectivity index (χ0v) is 16.6. The van der Waals surface area contributed by atoms with E-state index in [9.17, 15) is 4.79 Å². The zero-order chi connectivity index (χ0) is 19.3. The molecule has 0 aliphatic heterocycles. The highest BCUT2D eigenvalue weighted by atomic mass is 16.6. The maximum Gasteiger partial charge on any atom is 0.332 e. The van der Waals surface area contributed by atoms with Gasteiger partial charge in [-0.25, -0.2) is 4.79 Å². The van der Waals surface area contributed by atoms with Crippen LogP contribution in [0.3, 0.4) is 0 Å². The van der Waals surface area contributed by atoms with Gasteiger partial charge in [0.05, 0.1) is 6.10 Å². The van der Waals surface area contributed by atoms with E-state index in [1.807, 2.05) is 20.8 Å². The second-order valence-electron chi connectivity index (χ2n) is 8.41. The third kappa shape index (κ3) is 4.98. The van der Waals surface area contributed by atoms with Crippen LogP contribution in [0.2, 0.25) is 0 Å². The van der Waals surface area contributed by atoms with Gasteiger partial charge in [-0.15, -0.1) is 0 Å².